The number of hydrogen-bond donors (Lipinski definition) is 1. The third-order valence-electron chi connectivity index (χ3n) is 5.17. The zero-order valence-electron chi connectivity index (χ0n) is 17.1. The van der Waals surface area contributed by atoms with Gasteiger partial charge in [0.15, 0.2) is 6.10 Å². The highest BCUT2D eigenvalue weighted by Crippen LogP contribution is 2.24. The van der Waals surface area contributed by atoms with Gasteiger partial charge in [0.25, 0.3) is 5.91 Å². The number of nitrogens with one attached hydrogen (secondary N) is 1. The van der Waals surface area contributed by atoms with Crippen LogP contribution < -0.4 is 10.1 Å². The molecule has 2 aromatic carbocycles. The van der Waals surface area contributed by atoms with Crippen molar-refractivity contribution < 1.29 is 17.9 Å². The molecule has 1 N–H and O–H groups in total. The van der Waals surface area contributed by atoms with Crippen LogP contribution in [-0.2, 0) is 14.8 Å². The predicted octanol–water partition coefficient (Wildman–Crippen LogP) is 3.82. The molecule has 0 saturated carbocycles. The lowest BCUT2D eigenvalue weighted by Gasteiger charge is -2.29. The van der Waals surface area contributed by atoms with Crippen LogP contribution in [0.15, 0.2) is 53.4 Å². The fraction of sp³-hybridized carbons (Fsp3) is 0.409. The summed E-state index contributed by atoms with van der Waals surface area (Å²) in [5, 5.41) is 2.77. The molecule has 0 bridgehead atoms. The van der Waals surface area contributed by atoms with Gasteiger partial charge in [-0.1, -0.05) is 19.1 Å². The Bertz CT molecular complexity index is 949. The highest BCUT2D eigenvalue weighted by Gasteiger charge is 2.28. The molecule has 1 aliphatic heterocycles. The Morgan fingerprint density at radius 2 is 1.79 bits per heavy atom. The first-order valence-corrected chi connectivity index (χ1v) is 11.3. The molecule has 156 valence electrons. The number of amides is 1. The van der Waals surface area contributed by atoms with E-state index in [4.69, 9.17) is 4.74 Å². The SMILES string of the molecule is Cc1cccc(OC(C)C(=O)Nc2ccc(S(=O)(=O)N3CCC(C)CC3)cc2)c1. The van der Waals surface area contributed by atoms with E-state index < -0.39 is 16.1 Å². The molecule has 1 unspecified atom stereocenters. The number of anilines is 1. The van der Waals surface area contributed by atoms with Crippen molar-refractivity contribution in [2.24, 2.45) is 5.92 Å². The second-order valence-corrected chi connectivity index (χ2v) is 9.61. The number of sulfonamides is 1. The maximum absolute atomic E-state index is 12.8. The molecule has 0 radical (unpaired) electrons. The Labute approximate surface area is 172 Å². The number of benzene rings is 2. The number of nitrogens with zero attached hydrogens (tertiary/aromatic N) is 1. The van der Waals surface area contributed by atoms with Crippen molar-refractivity contribution in [2.45, 2.75) is 44.6 Å². The summed E-state index contributed by atoms with van der Waals surface area (Å²) in [6.07, 6.45) is 1.08. The van der Waals surface area contributed by atoms with Gasteiger partial charge >= 0.3 is 0 Å². The van der Waals surface area contributed by atoms with E-state index in [-0.39, 0.29) is 10.8 Å². The van der Waals surface area contributed by atoms with Crippen molar-refractivity contribution in [3.05, 3.63) is 54.1 Å². The van der Waals surface area contributed by atoms with Crippen molar-refractivity contribution in [1.82, 2.24) is 4.31 Å². The molecule has 1 atom stereocenters. The van der Waals surface area contributed by atoms with Gasteiger partial charge in [0.05, 0.1) is 4.90 Å². The lowest BCUT2D eigenvalue weighted by atomic mass is 10.0. The summed E-state index contributed by atoms with van der Waals surface area (Å²) in [4.78, 5) is 12.6. The lowest BCUT2D eigenvalue weighted by Crippen LogP contribution is -2.37. The largest absolute Gasteiger partial charge is 0.481 e. The van der Waals surface area contributed by atoms with Crippen molar-refractivity contribution in [3.63, 3.8) is 0 Å². The normalized spacial score (nSPS) is 16.9. The van der Waals surface area contributed by atoms with Crippen molar-refractivity contribution in [2.75, 3.05) is 18.4 Å². The van der Waals surface area contributed by atoms with E-state index in [0.29, 0.717) is 30.4 Å². The van der Waals surface area contributed by atoms with Crippen LogP contribution in [0, 0.1) is 12.8 Å². The molecule has 3 rings (SSSR count). The highest BCUT2D eigenvalue weighted by molar-refractivity contribution is 7.89. The number of carbonyl (C=O) groups excluding carboxylic acids is 1. The van der Waals surface area contributed by atoms with E-state index >= 15 is 0 Å². The fourth-order valence-corrected chi connectivity index (χ4v) is 4.74. The number of hydrogen-bond acceptors (Lipinski definition) is 4. The van der Waals surface area contributed by atoms with Crippen molar-refractivity contribution >= 4 is 21.6 Å². The standard InChI is InChI=1S/C22H28N2O4S/c1-16-11-13-24(14-12-16)29(26,27)21-9-7-19(8-10-21)23-22(25)18(3)28-20-6-4-5-17(2)15-20/h4-10,15-16,18H,11-14H2,1-3H3,(H,23,25). The lowest BCUT2D eigenvalue weighted by molar-refractivity contribution is -0.122. The zero-order chi connectivity index (χ0) is 21.0. The van der Waals surface area contributed by atoms with Gasteiger partial charge in [-0.2, -0.15) is 4.31 Å². The third kappa shape index (κ3) is 5.36. The van der Waals surface area contributed by atoms with Gasteiger partial charge in [0, 0.05) is 18.8 Å². The predicted molar refractivity (Wildman–Crippen MR) is 113 cm³/mol. The van der Waals surface area contributed by atoms with Crippen LogP contribution in [0.5, 0.6) is 5.75 Å². The Morgan fingerprint density at radius 1 is 1.14 bits per heavy atom. The second kappa shape index (κ2) is 8.97. The molecule has 1 amide bonds. The van der Waals surface area contributed by atoms with E-state index in [2.05, 4.69) is 12.2 Å². The minimum atomic E-state index is -3.50. The summed E-state index contributed by atoms with van der Waals surface area (Å²) < 4.78 is 32.8. The molecule has 0 aliphatic carbocycles. The van der Waals surface area contributed by atoms with Gasteiger partial charge in [0.2, 0.25) is 10.0 Å². The van der Waals surface area contributed by atoms with Crippen LogP contribution in [0.25, 0.3) is 0 Å². The summed E-state index contributed by atoms with van der Waals surface area (Å²) in [6.45, 7) is 6.88. The first-order valence-electron chi connectivity index (χ1n) is 9.90. The molecule has 1 aliphatic rings. The van der Waals surface area contributed by atoms with Crippen molar-refractivity contribution in [1.29, 1.82) is 0 Å². The van der Waals surface area contributed by atoms with Gasteiger partial charge < -0.3 is 10.1 Å². The Hall–Kier alpha value is -2.38. The number of aryl methyl sites for hydroxylation is 1. The molecule has 7 heteroatoms. The smallest absolute Gasteiger partial charge is 0.265 e. The van der Waals surface area contributed by atoms with Gasteiger partial charge in [0.1, 0.15) is 5.75 Å². The van der Waals surface area contributed by atoms with E-state index in [1.807, 2.05) is 25.1 Å². The molecule has 6 nitrogen and oxygen atoms in total. The van der Waals surface area contributed by atoms with Gasteiger partial charge in [-0.05, 0) is 74.6 Å². The van der Waals surface area contributed by atoms with Crippen LogP contribution in [-0.4, -0.2) is 37.8 Å². The summed E-state index contributed by atoms with van der Waals surface area (Å²) in [5.74, 6) is 0.889. The Balaban J connectivity index is 1.61. The quantitative estimate of drug-likeness (QED) is 0.777. The average Bonchev–Trinajstić information content (AvgIpc) is 2.68. The summed E-state index contributed by atoms with van der Waals surface area (Å²) in [5.41, 5.74) is 1.58. The Morgan fingerprint density at radius 3 is 2.41 bits per heavy atom. The van der Waals surface area contributed by atoms with E-state index in [0.717, 1.165) is 18.4 Å². The first kappa shape index (κ1) is 21.3. The van der Waals surface area contributed by atoms with E-state index in [1.54, 1.807) is 29.4 Å². The fourth-order valence-electron chi connectivity index (χ4n) is 3.27. The molecule has 2 aromatic rings. The summed E-state index contributed by atoms with van der Waals surface area (Å²) in [6, 6.07) is 13.8. The van der Waals surface area contributed by atoms with Crippen LogP contribution in [0.2, 0.25) is 0 Å². The molecule has 1 saturated heterocycles. The number of rotatable bonds is 6. The van der Waals surface area contributed by atoms with Crippen LogP contribution >= 0.6 is 0 Å². The molecule has 29 heavy (non-hydrogen) atoms. The topological polar surface area (TPSA) is 75.7 Å². The molecule has 1 fully saturated rings. The molecule has 0 spiro atoms. The van der Waals surface area contributed by atoms with E-state index in [1.165, 1.54) is 12.1 Å². The van der Waals surface area contributed by atoms with Crippen LogP contribution in [0.4, 0.5) is 5.69 Å². The minimum absolute atomic E-state index is 0.245. The maximum atomic E-state index is 12.8. The van der Waals surface area contributed by atoms with Gasteiger partial charge in [-0.25, -0.2) is 8.42 Å². The third-order valence-corrected chi connectivity index (χ3v) is 7.09. The summed E-state index contributed by atoms with van der Waals surface area (Å²) >= 11 is 0. The molecular weight excluding hydrogens is 388 g/mol. The monoisotopic (exact) mass is 416 g/mol. The minimum Gasteiger partial charge on any atom is -0.481 e. The van der Waals surface area contributed by atoms with Crippen LogP contribution in [0.3, 0.4) is 0 Å². The zero-order valence-corrected chi connectivity index (χ0v) is 17.9. The second-order valence-electron chi connectivity index (χ2n) is 7.68. The Kier molecular flexibility index (Phi) is 6.59. The molecule has 1 heterocycles. The first-order chi connectivity index (χ1) is 13.8. The van der Waals surface area contributed by atoms with Crippen molar-refractivity contribution in [3.8, 4) is 5.75 Å². The highest BCUT2D eigenvalue weighted by atomic mass is 32.2. The van der Waals surface area contributed by atoms with Gasteiger partial charge in [-0.15, -0.1) is 0 Å². The average molecular weight is 417 g/mol. The van der Waals surface area contributed by atoms with Crippen LogP contribution in [0.1, 0.15) is 32.3 Å². The number of ether oxygens (including phenoxy) is 1. The molecule has 0 aromatic heterocycles. The number of piperidine rings is 1. The summed E-state index contributed by atoms with van der Waals surface area (Å²) in [7, 11) is -3.50. The van der Waals surface area contributed by atoms with Gasteiger partial charge in [-0.3, -0.25) is 4.79 Å². The molecular formula is C22H28N2O4S. The van der Waals surface area contributed by atoms with E-state index in [9.17, 15) is 13.2 Å². The maximum Gasteiger partial charge on any atom is 0.265 e. The number of carbonyl (C=O) groups is 1.